The van der Waals surface area contributed by atoms with Crippen LogP contribution < -0.4 is 9.47 Å². The average Bonchev–Trinajstić information content (AvgIpc) is 2.58. The van der Waals surface area contributed by atoms with Crippen LogP contribution in [0.4, 0.5) is 4.79 Å². The molecular weight excluding hydrogens is 308 g/mol. The summed E-state index contributed by atoms with van der Waals surface area (Å²) >= 11 is 0. The van der Waals surface area contributed by atoms with Crippen molar-refractivity contribution in [1.29, 1.82) is 0 Å². The minimum Gasteiger partial charge on any atom is -0.496 e. The second kappa shape index (κ2) is 7.75. The van der Waals surface area contributed by atoms with Gasteiger partial charge in [0.2, 0.25) is 0 Å². The van der Waals surface area contributed by atoms with Gasteiger partial charge in [0.25, 0.3) is 0 Å². The van der Waals surface area contributed by atoms with E-state index in [-0.39, 0.29) is 12.1 Å². The summed E-state index contributed by atoms with van der Waals surface area (Å²) in [4.78, 5) is 16.0. The molecule has 2 rings (SSSR count). The molecule has 6 nitrogen and oxygen atoms in total. The van der Waals surface area contributed by atoms with Gasteiger partial charge in [-0.1, -0.05) is 6.92 Å². The topological polar surface area (TPSA) is 51.2 Å². The lowest BCUT2D eigenvalue weighted by Crippen LogP contribution is -2.44. The van der Waals surface area contributed by atoms with E-state index in [1.807, 2.05) is 20.2 Å². The van der Waals surface area contributed by atoms with Crippen molar-refractivity contribution >= 4 is 6.09 Å². The number of methoxy groups -OCH3 is 3. The van der Waals surface area contributed by atoms with Crippen LogP contribution in [0.25, 0.3) is 0 Å². The summed E-state index contributed by atoms with van der Waals surface area (Å²) in [7, 11) is 8.84. The predicted molar refractivity (Wildman–Crippen MR) is 92.7 cm³/mol. The third-order valence-electron chi connectivity index (χ3n) is 4.53. The Hall–Kier alpha value is -1.95. The van der Waals surface area contributed by atoms with Crippen LogP contribution in [-0.4, -0.2) is 57.4 Å². The Morgan fingerprint density at radius 3 is 2.46 bits per heavy atom. The van der Waals surface area contributed by atoms with Gasteiger partial charge in [-0.25, -0.2) is 4.79 Å². The van der Waals surface area contributed by atoms with E-state index in [0.29, 0.717) is 6.54 Å². The van der Waals surface area contributed by atoms with E-state index in [1.165, 1.54) is 7.11 Å². The van der Waals surface area contributed by atoms with Crippen molar-refractivity contribution < 1.29 is 19.0 Å². The van der Waals surface area contributed by atoms with Crippen LogP contribution >= 0.6 is 0 Å². The molecule has 0 fully saturated rings. The van der Waals surface area contributed by atoms with Gasteiger partial charge in [-0.3, -0.25) is 0 Å². The molecule has 1 unspecified atom stereocenters. The maximum atomic E-state index is 12.1. The van der Waals surface area contributed by atoms with Crippen LogP contribution in [0.1, 0.15) is 30.0 Å². The first-order chi connectivity index (χ1) is 11.5. The fourth-order valence-electron chi connectivity index (χ4n) is 3.42. The van der Waals surface area contributed by atoms with Crippen molar-refractivity contribution in [2.24, 2.45) is 0 Å². The minimum atomic E-state index is -0.300. The van der Waals surface area contributed by atoms with Crippen molar-refractivity contribution in [2.75, 3.05) is 35.4 Å². The molecule has 0 bridgehead atoms. The van der Waals surface area contributed by atoms with Crippen molar-refractivity contribution in [2.45, 2.75) is 38.9 Å². The number of benzene rings is 1. The SMILES string of the molecule is CCC1Cc2c(c(OC)cc(CN(C)C)c2OC)CN1C(=O)OC. The molecule has 1 amide bonds. The van der Waals surface area contributed by atoms with E-state index in [9.17, 15) is 4.79 Å². The third-order valence-corrected chi connectivity index (χ3v) is 4.53. The average molecular weight is 336 g/mol. The monoisotopic (exact) mass is 336 g/mol. The molecular formula is C18H28N2O4. The van der Waals surface area contributed by atoms with E-state index in [1.54, 1.807) is 19.1 Å². The molecule has 1 aromatic rings. The zero-order chi connectivity index (χ0) is 17.9. The first kappa shape index (κ1) is 18.4. The van der Waals surface area contributed by atoms with Gasteiger partial charge in [-0.15, -0.1) is 0 Å². The molecule has 6 heteroatoms. The molecule has 1 aliphatic heterocycles. The van der Waals surface area contributed by atoms with Crippen LogP contribution in [0.5, 0.6) is 11.5 Å². The van der Waals surface area contributed by atoms with Crippen molar-refractivity contribution in [1.82, 2.24) is 9.80 Å². The van der Waals surface area contributed by atoms with Gasteiger partial charge in [0.05, 0.1) is 27.9 Å². The summed E-state index contributed by atoms with van der Waals surface area (Å²) in [5.41, 5.74) is 3.24. The summed E-state index contributed by atoms with van der Waals surface area (Å²) in [6, 6.07) is 2.11. The molecule has 0 saturated heterocycles. The van der Waals surface area contributed by atoms with E-state index in [2.05, 4.69) is 11.8 Å². The molecule has 1 atom stereocenters. The maximum absolute atomic E-state index is 12.1. The minimum absolute atomic E-state index is 0.0955. The number of nitrogens with zero attached hydrogens (tertiary/aromatic N) is 2. The van der Waals surface area contributed by atoms with Gasteiger partial charge in [0, 0.05) is 29.3 Å². The summed E-state index contributed by atoms with van der Waals surface area (Å²) < 4.78 is 16.3. The van der Waals surface area contributed by atoms with E-state index < -0.39 is 0 Å². The Labute approximate surface area is 144 Å². The molecule has 0 radical (unpaired) electrons. The Morgan fingerprint density at radius 1 is 1.25 bits per heavy atom. The molecule has 0 spiro atoms. The Balaban J connectivity index is 2.55. The molecule has 0 aliphatic carbocycles. The first-order valence-electron chi connectivity index (χ1n) is 8.21. The summed E-state index contributed by atoms with van der Waals surface area (Å²) in [6.07, 6.45) is 1.30. The number of rotatable bonds is 5. The zero-order valence-electron chi connectivity index (χ0n) is 15.5. The summed E-state index contributed by atoms with van der Waals surface area (Å²) in [5.74, 6) is 1.70. The van der Waals surface area contributed by atoms with Crippen LogP contribution in [-0.2, 0) is 24.2 Å². The Bertz CT molecular complexity index is 601. The predicted octanol–water partition coefficient (Wildman–Crippen LogP) is 2.67. The Morgan fingerprint density at radius 2 is 1.96 bits per heavy atom. The molecule has 1 heterocycles. The lowest BCUT2D eigenvalue weighted by atomic mass is 9.89. The number of fused-ring (bicyclic) bond motifs is 1. The van der Waals surface area contributed by atoms with Gasteiger partial charge in [-0.05, 0) is 33.0 Å². The number of hydrogen-bond acceptors (Lipinski definition) is 5. The second-order valence-electron chi connectivity index (χ2n) is 6.33. The van der Waals surface area contributed by atoms with Crippen molar-refractivity contribution in [3.63, 3.8) is 0 Å². The molecule has 0 saturated carbocycles. The van der Waals surface area contributed by atoms with Crippen LogP contribution in [0.15, 0.2) is 6.07 Å². The molecule has 0 aromatic heterocycles. The number of carbonyl (C=O) groups is 1. The zero-order valence-corrected chi connectivity index (χ0v) is 15.5. The smallest absolute Gasteiger partial charge is 0.410 e. The molecule has 134 valence electrons. The standard InChI is InChI=1S/C18H28N2O4/c1-7-13-9-14-15(11-20(13)18(21)24-6)16(22-4)8-12(10-19(2)3)17(14)23-5/h8,13H,7,9-11H2,1-6H3. The van der Waals surface area contributed by atoms with Gasteiger partial charge in [0.15, 0.2) is 0 Å². The highest BCUT2D eigenvalue weighted by Crippen LogP contribution is 2.40. The van der Waals surface area contributed by atoms with E-state index in [4.69, 9.17) is 14.2 Å². The third kappa shape index (κ3) is 3.43. The highest BCUT2D eigenvalue weighted by Gasteiger charge is 2.34. The quantitative estimate of drug-likeness (QED) is 0.827. The summed E-state index contributed by atoms with van der Waals surface area (Å²) in [5, 5.41) is 0. The highest BCUT2D eigenvalue weighted by molar-refractivity contribution is 5.69. The maximum Gasteiger partial charge on any atom is 0.410 e. The van der Waals surface area contributed by atoms with Gasteiger partial charge >= 0.3 is 6.09 Å². The molecule has 24 heavy (non-hydrogen) atoms. The fourth-order valence-corrected chi connectivity index (χ4v) is 3.42. The summed E-state index contributed by atoms with van der Waals surface area (Å²) in [6.45, 7) is 3.32. The van der Waals surface area contributed by atoms with Crippen LogP contribution in [0.2, 0.25) is 0 Å². The van der Waals surface area contributed by atoms with Crippen molar-refractivity contribution in [3.8, 4) is 11.5 Å². The normalized spacial score (nSPS) is 16.8. The highest BCUT2D eigenvalue weighted by atomic mass is 16.5. The molecule has 1 aromatic carbocycles. The Kier molecular flexibility index (Phi) is 5.94. The number of amides is 1. The molecule has 0 N–H and O–H groups in total. The van der Waals surface area contributed by atoms with E-state index in [0.717, 1.165) is 47.6 Å². The van der Waals surface area contributed by atoms with E-state index >= 15 is 0 Å². The first-order valence-corrected chi connectivity index (χ1v) is 8.21. The number of carbonyl (C=O) groups excluding carboxylic acids is 1. The number of hydrogen-bond donors (Lipinski definition) is 0. The second-order valence-corrected chi connectivity index (χ2v) is 6.33. The van der Waals surface area contributed by atoms with Crippen LogP contribution in [0, 0.1) is 0 Å². The van der Waals surface area contributed by atoms with Crippen molar-refractivity contribution in [3.05, 3.63) is 22.8 Å². The molecule has 1 aliphatic rings. The lowest BCUT2D eigenvalue weighted by Gasteiger charge is -2.37. The number of ether oxygens (including phenoxy) is 3. The van der Waals surface area contributed by atoms with Crippen LogP contribution in [0.3, 0.4) is 0 Å². The largest absolute Gasteiger partial charge is 0.496 e. The lowest BCUT2D eigenvalue weighted by molar-refractivity contribution is 0.0939. The van der Waals surface area contributed by atoms with Gasteiger partial charge in [-0.2, -0.15) is 0 Å². The fraction of sp³-hybridized carbons (Fsp3) is 0.611. The van der Waals surface area contributed by atoms with Gasteiger partial charge < -0.3 is 24.0 Å². The van der Waals surface area contributed by atoms with Gasteiger partial charge in [0.1, 0.15) is 11.5 Å².